The summed E-state index contributed by atoms with van der Waals surface area (Å²) in [4.78, 5) is 19.9. The van der Waals surface area contributed by atoms with Gasteiger partial charge in [-0.15, -0.1) is 0 Å². The predicted octanol–water partition coefficient (Wildman–Crippen LogP) is 3.62. The second-order valence-electron chi connectivity index (χ2n) is 8.82. The van der Waals surface area contributed by atoms with Crippen molar-refractivity contribution in [3.63, 3.8) is 0 Å². The standard InChI is InChI=1S/C24H32FN3O4S/c1-15(2)22-20(12-7-16(3)13-17(4)14-21(29)30)23(18-8-10-19(25)11-9-18)27-24(26-22)28(5)33(6,31)32/h7-12,15-17H,13-14H2,1-6H3,(H,29,30)/p-1/b12-7+/t16-,17-/m1/s1. The summed E-state index contributed by atoms with van der Waals surface area (Å²) in [6, 6.07) is 5.83. The summed E-state index contributed by atoms with van der Waals surface area (Å²) in [5.41, 5.74) is 2.48. The van der Waals surface area contributed by atoms with Crippen molar-refractivity contribution in [1.82, 2.24) is 9.97 Å². The number of hydrogen-bond acceptors (Lipinski definition) is 6. The highest BCUT2D eigenvalue weighted by Crippen LogP contribution is 2.32. The van der Waals surface area contributed by atoms with Gasteiger partial charge in [-0.1, -0.05) is 39.8 Å². The number of rotatable bonds is 10. The number of carboxylic acid groups (broad SMARTS) is 1. The summed E-state index contributed by atoms with van der Waals surface area (Å²) >= 11 is 0. The molecular formula is C24H31FN3O4S-. The van der Waals surface area contributed by atoms with E-state index >= 15 is 0 Å². The van der Waals surface area contributed by atoms with E-state index in [1.165, 1.54) is 19.2 Å². The largest absolute Gasteiger partial charge is 0.550 e. The van der Waals surface area contributed by atoms with Crippen molar-refractivity contribution in [2.45, 2.75) is 46.5 Å². The Morgan fingerprint density at radius 3 is 2.27 bits per heavy atom. The number of sulfonamides is 1. The molecule has 1 aromatic carbocycles. The lowest BCUT2D eigenvalue weighted by Gasteiger charge is -2.21. The quantitative estimate of drug-likeness (QED) is 0.519. The van der Waals surface area contributed by atoms with Crippen molar-refractivity contribution >= 4 is 28.0 Å². The number of anilines is 1. The van der Waals surface area contributed by atoms with E-state index in [0.717, 1.165) is 10.6 Å². The van der Waals surface area contributed by atoms with Crippen LogP contribution in [0.5, 0.6) is 0 Å². The zero-order valence-corrected chi connectivity index (χ0v) is 20.7. The molecule has 180 valence electrons. The number of carbonyl (C=O) groups is 1. The molecule has 2 rings (SSSR count). The molecule has 33 heavy (non-hydrogen) atoms. The Morgan fingerprint density at radius 1 is 1.15 bits per heavy atom. The fourth-order valence-corrected chi connectivity index (χ4v) is 3.92. The molecule has 2 atom stereocenters. The minimum absolute atomic E-state index is 0.00805. The first-order valence-electron chi connectivity index (χ1n) is 10.8. The van der Waals surface area contributed by atoms with Gasteiger partial charge in [-0.3, -0.25) is 0 Å². The zero-order valence-electron chi connectivity index (χ0n) is 19.9. The highest BCUT2D eigenvalue weighted by atomic mass is 32.2. The average molecular weight is 477 g/mol. The third kappa shape index (κ3) is 7.35. The molecule has 0 amide bonds. The molecule has 0 bridgehead atoms. The molecule has 0 fully saturated rings. The van der Waals surface area contributed by atoms with Gasteiger partial charge in [0.15, 0.2) is 0 Å². The van der Waals surface area contributed by atoms with Gasteiger partial charge in [0.2, 0.25) is 16.0 Å². The summed E-state index contributed by atoms with van der Waals surface area (Å²) in [5, 5.41) is 10.9. The van der Waals surface area contributed by atoms with Crippen LogP contribution in [0.1, 0.15) is 57.7 Å². The lowest BCUT2D eigenvalue weighted by atomic mass is 9.92. The molecule has 2 aromatic rings. The summed E-state index contributed by atoms with van der Waals surface area (Å²) in [6.07, 6.45) is 5.57. The Hall–Kier alpha value is -2.81. The number of halogens is 1. The minimum Gasteiger partial charge on any atom is -0.550 e. The van der Waals surface area contributed by atoms with E-state index in [1.807, 2.05) is 39.8 Å². The summed E-state index contributed by atoms with van der Waals surface area (Å²) in [6.45, 7) is 7.75. The Balaban J connectivity index is 2.61. The Kier molecular flexibility index (Phi) is 8.71. The number of aliphatic carboxylic acids is 1. The van der Waals surface area contributed by atoms with Crippen molar-refractivity contribution in [3.8, 4) is 11.3 Å². The predicted molar refractivity (Wildman–Crippen MR) is 126 cm³/mol. The van der Waals surface area contributed by atoms with E-state index in [4.69, 9.17) is 0 Å². The van der Waals surface area contributed by atoms with Crippen LogP contribution in [0.4, 0.5) is 10.3 Å². The number of carbonyl (C=O) groups excluding carboxylic acids is 1. The Bertz CT molecular complexity index is 1120. The molecule has 0 aliphatic carbocycles. The van der Waals surface area contributed by atoms with Crippen molar-refractivity contribution in [1.29, 1.82) is 0 Å². The van der Waals surface area contributed by atoms with Crippen molar-refractivity contribution < 1.29 is 22.7 Å². The SMILES string of the molecule is CC(C)c1nc(N(C)S(C)(=O)=O)nc(-c2ccc(F)cc2)c1/C=C/[C@@H](C)C[C@@H](C)CC(=O)[O-]. The van der Waals surface area contributed by atoms with Gasteiger partial charge in [-0.25, -0.2) is 27.1 Å². The second kappa shape index (κ2) is 10.9. The first kappa shape index (κ1) is 26.4. The normalized spacial score (nSPS) is 13.9. The maximum absolute atomic E-state index is 13.6. The highest BCUT2D eigenvalue weighted by Gasteiger charge is 2.22. The molecular weight excluding hydrogens is 445 g/mol. The smallest absolute Gasteiger partial charge is 0.239 e. The van der Waals surface area contributed by atoms with Gasteiger partial charge in [-0.05, 0) is 54.9 Å². The van der Waals surface area contributed by atoms with Crippen molar-refractivity contribution in [3.05, 3.63) is 47.4 Å². The lowest BCUT2D eigenvalue weighted by Crippen LogP contribution is -2.27. The van der Waals surface area contributed by atoms with Gasteiger partial charge >= 0.3 is 0 Å². The molecule has 0 unspecified atom stereocenters. The van der Waals surface area contributed by atoms with Crippen LogP contribution in [0.3, 0.4) is 0 Å². The monoisotopic (exact) mass is 476 g/mol. The number of benzene rings is 1. The van der Waals surface area contributed by atoms with Gasteiger partial charge in [0.05, 0.1) is 17.6 Å². The lowest BCUT2D eigenvalue weighted by molar-refractivity contribution is -0.306. The Labute approximate surface area is 195 Å². The van der Waals surface area contributed by atoms with Crippen molar-refractivity contribution in [2.75, 3.05) is 17.6 Å². The zero-order chi connectivity index (χ0) is 24.9. The molecule has 1 heterocycles. The van der Waals surface area contributed by atoms with Gasteiger partial charge < -0.3 is 9.90 Å². The number of hydrogen-bond donors (Lipinski definition) is 0. The van der Waals surface area contributed by atoms with Crippen LogP contribution in [-0.2, 0) is 14.8 Å². The van der Waals surface area contributed by atoms with E-state index < -0.39 is 21.8 Å². The van der Waals surface area contributed by atoms with Gasteiger partial charge in [0.1, 0.15) is 5.82 Å². The van der Waals surface area contributed by atoms with Crippen LogP contribution in [0.25, 0.3) is 17.3 Å². The fourth-order valence-electron chi connectivity index (χ4n) is 3.54. The number of aromatic nitrogens is 2. The van der Waals surface area contributed by atoms with E-state index in [0.29, 0.717) is 28.9 Å². The summed E-state index contributed by atoms with van der Waals surface area (Å²) in [5.74, 6) is -1.45. The van der Waals surface area contributed by atoms with Gasteiger partial charge in [0, 0.05) is 24.1 Å². The van der Waals surface area contributed by atoms with Gasteiger partial charge in [-0.2, -0.15) is 0 Å². The molecule has 0 saturated carbocycles. The minimum atomic E-state index is -3.59. The highest BCUT2D eigenvalue weighted by molar-refractivity contribution is 7.92. The molecule has 1 aromatic heterocycles. The molecule has 7 nitrogen and oxygen atoms in total. The van der Waals surface area contributed by atoms with E-state index in [1.54, 1.807) is 12.1 Å². The molecule has 0 N–H and O–H groups in total. The van der Waals surface area contributed by atoms with Crippen LogP contribution in [-0.4, -0.2) is 37.7 Å². The molecule has 9 heteroatoms. The molecule has 0 spiro atoms. The van der Waals surface area contributed by atoms with Crippen LogP contribution in [0.15, 0.2) is 30.3 Å². The topological polar surface area (TPSA) is 103 Å². The van der Waals surface area contributed by atoms with Crippen LogP contribution < -0.4 is 9.41 Å². The first-order chi connectivity index (χ1) is 15.3. The third-order valence-corrected chi connectivity index (χ3v) is 6.45. The fraction of sp³-hybridized carbons (Fsp3) is 0.458. The number of nitrogens with zero attached hydrogens (tertiary/aromatic N) is 3. The molecule has 0 aliphatic rings. The summed E-state index contributed by atoms with van der Waals surface area (Å²) in [7, 11) is -2.20. The van der Waals surface area contributed by atoms with Crippen LogP contribution in [0, 0.1) is 17.7 Å². The molecule has 0 radical (unpaired) electrons. The Morgan fingerprint density at radius 2 is 1.76 bits per heavy atom. The molecule has 0 saturated heterocycles. The second-order valence-corrected chi connectivity index (χ2v) is 10.8. The average Bonchev–Trinajstić information content (AvgIpc) is 2.70. The summed E-state index contributed by atoms with van der Waals surface area (Å²) < 4.78 is 38.8. The van der Waals surface area contributed by atoms with Gasteiger partial charge in [0.25, 0.3) is 0 Å². The van der Waals surface area contributed by atoms with Crippen LogP contribution in [0.2, 0.25) is 0 Å². The van der Waals surface area contributed by atoms with E-state index in [-0.39, 0.29) is 30.1 Å². The van der Waals surface area contributed by atoms with Crippen molar-refractivity contribution in [2.24, 2.45) is 11.8 Å². The van der Waals surface area contributed by atoms with E-state index in [9.17, 15) is 22.7 Å². The number of carboxylic acids is 1. The first-order valence-corrected chi connectivity index (χ1v) is 12.6. The van der Waals surface area contributed by atoms with E-state index in [2.05, 4.69) is 9.97 Å². The number of allylic oxidation sites excluding steroid dienone is 1. The van der Waals surface area contributed by atoms with Crippen LogP contribution >= 0.6 is 0 Å². The third-order valence-electron chi connectivity index (χ3n) is 5.29. The maximum atomic E-state index is 13.6. The molecule has 0 aliphatic heterocycles. The maximum Gasteiger partial charge on any atom is 0.239 e.